The van der Waals surface area contributed by atoms with Gasteiger partial charge in [0.2, 0.25) is 5.88 Å². The first-order chi connectivity index (χ1) is 9.22. The highest BCUT2D eigenvalue weighted by Gasteiger charge is 2.12. The predicted octanol–water partition coefficient (Wildman–Crippen LogP) is 2.64. The van der Waals surface area contributed by atoms with Crippen molar-refractivity contribution in [2.45, 2.75) is 39.3 Å². The van der Waals surface area contributed by atoms with Crippen LogP contribution in [-0.4, -0.2) is 14.5 Å². The average molecular weight is 261 g/mol. The molecule has 0 bridgehead atoms. The molecule has 2 aromatic heterocycles. The normalized spacial score (nSPS) is 14.2. The van der Waals surface area contributed by atoms with Crippen molar-refractivity contribution < 1.29 is 9.13 Å². The second-order valence-electron chi connectivity index (χ2n) is 4.80. The van der Waals surface area contributed by atoms with E-state index >= 15 is 0 Å². The smallest absolute Gasteiger partial charge is 0.214 e. The van der Waals surface area contributed by atoms with Crippen LogP contribution in [-0.2, 0) is 19.6 Å². The summed E-state index contributed by atoms with van der Waals surface area (Å²) < 4.78 is 20.8. The Bertz CT molecular complexity index is 571. The van der Waals surface area contributed by atoms with E-state index in [0.29, 0.717) is 18.2 Å². The number of aromatic nitrogens is 3. The molecule has 100 valence electrons. The standard InChI is InChI=1S/C14H16FN3O/c1-10-12(15)5-6-14(16-10)19-9-11-8-18-7-3-2-4-13(18)17-11/h5-6,8H,2-4,7,9H2,1H3. The van der Waals surface area contributed by atoms with Crippen molar-refractivity contribution in [3.8, 4) is 5.88 Å². The third-order valence-corrected chi connectivity index (χ3v) is 3.32. The maximum Gasteiger partial charge on any atom is 0.214 e. The van der Waals surface area contributed by atoms with E-state index in [2.05, 4.69) is 14.5 Å². The molecule has 5 heteroatoms. The number of fused-ring (bicyclic) bond motifs is 1. The van der Waals surface area contributed by atoms with Gasteiger partial charge in [-0.3, -0.25) is 0 Å². The van der Waals surface area contributed by atoms with Crippen molar-refractivity contribution >= 4 is 0 Å². The average Bonchev–Trinajstić information content (AvgIpc) is 2.83. The first kappa shape index (κ1) is 12.1. The molecule has 1 aliphatic rings. The highest BCUT2D eigenvalue weighted by atomic mass is 19.1. The second-order valence-corrected chi connectivity index (χ2v) is 4.80. The van der Waals surface area contributed by atoms with Crippen molar-refractivity contribution in [3.63, 3.8) is 0 Å². The van der Waals surface area contributed by atoms with Gasteiger partial charge in [-0.15, -0.1) is 0 Å². The van der Waals surface area contributed by atoms with Crippen LogP contribution in [0.25, 0.3) is 0 Å². The Kier molecular flexibility index (Phi) is 3.19. The van der Waals surface area contributed by atoms with Crippen molar-refractivity contribution in [3.05, 3.63) is 41.4 Å². The van der Waals surface area contributed by atoms with Crippen LogP contribution in [0.2, 0.25) is 0 Å². The number of hydrogen-bond donors (Lipinski definition) is 0. The van der Waals surface area contributed by atoms with E-state index in [1.807, 2.05) is 6.20 Å². The Labute approximate surface area is 111 Å². The second kappa shape index (κ2) is 4.99. The molecule has 0 fully saturated rings. The summed E-state index contributed by atoms with van der Waals surface area (Å²) in [5, 5.41) is 0. The van der Waals surface area contributed by atoms with Crippen LogP contribution in [0.1, 0.15) is 30.1 Å². The number of hydrogen-bond acceptors (Lipinski definition) is 3. The predicted molar refractivity (Wildman–Crippen MR) is 68.4 cm³/mol. The van der Waals surface area contributed by atoms with E-state index < -0.39 is 0 Å². The zero-order valence-electron chi connectivity index (χ0n) is 10.9. The van der Waals surface area contributed by atoms with Crippen LogP contribution in [0.15, 0.2) is 18.3 Å². The molecule has 19 heavy (non-hydrogen) atoms. The third kappa shape index (κ3) is 2.59. The van der Waals surface area contributed by atoms with E-state index in [1.165, 1.54) is 18.9 Å². The van der Waals surface area contributed by atoms with Gasteiger partial charge in [-0.1, -0.05) is 0 Å². The van der Waals surface area contributed by atoms with Crippen molar-refractivity contribution in [1.82, 2.24) is 14.5 Å². The molecule has 0 aliphatic carbocycles. The van der Waals surface area contributed by atoms with E-state index in [4.69, 9.17) is 4.74 Å². The first-order valence-electron chi connectivity index (χ1n) is 6.53. The molecule has 0 radical (unpaired) electrons. The Morgan fingerprint density at radius 1 is 1.32 bits per heavy atom. The maximum absolute atomic E-state index is 13.1. The fraction of sp³-hybridized carbons (Fsp3) is 0.429. The largest absolute Gasteiger partial charge is 0.471 e. The van der Waals surface area contributed by atoms with Gasteiger partial charge in [-0.25, -0.2) is 14.4 Å². The highest BCUT2D eigenvalue weighted by Crippen LogP contribution is 2.16. The van der Waals surface area contributed by atoms with Crippen LogP contribution in [0.5, 0.6) is 5.88 Å². The summed E-state index contributed by atoms with van der Waals surface area (Å²) in [7, 11) is 0. The van der Waals surface area contributed by atoms with Crippen molar-refractivity contribution in [2.24, 2.45) is 0 Å². The Balaban J connectivity index is 1.68. The molecule has 0 saturated carbocycles. The number of halogens is 1. The minimum Gasteiger partial charge on any atom is -0.471 e. The zero-order chi connectivity index (χ0) is 13.2. The molecule has 0 unspecified atom stereocenters. The van der Waals surface area contributed by atoms with Crippen LogP contribution >= 0.6 is 0 Å². The van der Waals surface area contributed by atoms with Gasteiger partial charge < -0.3 is 9.30 Å². The molecule has 2 aromatic rings. The molecule has 1 aliphatic heterocycles. The molecule has 0 aromatic carbocycles. The fourth-order valence-corrected chi connectivity index (χ4v) is 2.29. The minimum absolute atomic E-state index is 0.315. The molecular formula is C14H16FN3O. The van der Waals surface area contributed by atoms with Gasteiger partial charge in [0, 0.05) is 25.2 Å². The van der Waals surface area contributed by atoms with Gasteiger partial charge in [0.05, 0.1) is 11.4 Å². The lowest BCUT2D eigenvalue weighted by atomic mass is 10.2. The van der Waals surface area contributed by atoms with Gasteiger partial charge in [0.15, 0.2) is 0 Å². The summed E-state index contributed by atoms with van der Waals surface area (Å²) in [6, 6.07) is 2.91. The third-order valence-electron chi connectivity index (χ3n) is 3.32. The number of pyridine rings is 1. The number of rotatable bonds is 3. The van der Waals surface area contributed by atoms with E-state index in [0.717, 1.165) is 24.5 Å². The summed E-state index contributed by atoms with van der Waals surface area (Å²) in [6.45, 7) is 3.03. The lowest BCUT2D eigenvalue weighted by Crippen LogP contribution is -2.08. The summed E-state index contributed by atoms with van der Waals surface area (Å²) in [5.41, 5.74) is 1.25. The number of nitrogens with zero attached hydrogens (tertiary/aromatic N) is 3. The van der Waals surface area contributed by atoms with Crippen LogP contribution in [0.4, 0.5) is 4.39 Å². The SMILES string of the molecule is Cc1nc(OCc2cn3c(n2)CCCC3)ccc1F. The molecule has 0 amide bonds. The molecule has 0 spiro atoms. The van der Waals surface area contributed by atoms with Gasteiger partial charge in [0.1, 0.15) is 18.2 Å². The van der Waals surface area contributed by atoms with Crippen molar-refractivity contribution in [2.75, 3.05) is 0 Å². The van der Waals surface area contributed by atoms with E-state index in [1.54, 1.807) is 13.0 Å². The molecule has 0 atom stereocenters. The topological polar surface area (TPSA) is 39.9 Å². The van der Waals surface area contributed by atoms with Crippen LogP contribution < -0.4 is 4.74 Å². The minimum atomic E-state index is -0.315. The Morgan fingerprint density at radius 3 is 3.00 bits per heavy atom. The zero-order valence-corrected chi connectivity index (χ0v) is 10.9. The molecule has 4 nitrogen and oxygen atoms in total. The van der Waals surface area contributed by atoms with Gasteiger partial charge >= 0.3 is 0 Å². The quantitative estimate of drug-likeness (QED) is 0.852. The van der Waals surface area contributed by atoms with E-state index in [9.17, 15) is 4.39 Å². The molecule has 0 saturated heterocycles. The number of aryl methyl sites for hydroxylation is 3. The van der Waals surface area contributed by atoms with Gasteiger partial charge in [-0.2, -0.15) is 0 Å². The van der Waals surface area contributed by atoms with Crippen LogP contribution in [0.3, 0.4) is 0 Å². The molecule has 3 heterocycles. The monoisotopic (exact) mass is 261 g/mol. The highest BCUT2D eigenvalue weighted by molar-refractivity contribution is 5.17. The summed E-state index contributed by atoms with van der Waals surface area (Å²) >= 11 is 0. The first-order valence-corrected chi connectivity index (χ1v) is 6.53. The Hall–Kier alpha value is -1.91. The number of ether oxygens (including phenoxy) is 1. The van der Waals surface area contributed by atoms with Gasteiger partial charge in [0.25, 0.3) is 0 Å². The lowest BCUT2D eigenvalue weighted by molar-refractivity contribution is 0.288. The maximum atomic E-state index is 13.1. The number of imidazole rings is 1. The molecular weight excluding hydrogens is 245 g/mol. The summed E-state index contributed by atoms with van der Waals surface area (Å²) in [6.07, 6.45) is 5.48. The summed E-state index contributed by atoms with van der Waals surface area (Å²) in [5.74, 6) is 1.25. The van der Waals surface area contributed by atoms with Crippen LogP contribution in [0, 0.1) is 12.7 Å². The van der Waals surface area contributed by atoms with E-state index in [-0.39, 0.29) is 5.82 Å². The lowest BCUT2D eigenvalue weighted by Gasteiger charge is -2.11. The molecule has 3 rings (SSSR count). The summed E-state index contributed by atoms with van der Waals surface area (Å²) in [4.78, 5) is 8.58. The Morgan fingerprint density at radius 2 is 2.21 bits per heavy atom. The fourth-order valence-electron chi connectivity index (χ4n) is 2.29. The van der Waals surface area contributed by atoms with Crippen molar-refractivity contribution in [1.29, 1.82) is 0 Å². The van der Waals surface area contributed by atoms with Gasteiger partial charge in [-0.05, 0) is 25.8 Å². The molecule has 0 N–H and O–H groups in total.